The van der Waals surface area contributed by atoms with Crippen LogP contribution in [0.25, 0.3) is 0 Å². The van der Waals surface area contributed by atoms with Crippen molar-refractivity contribution in [3.8, 4) is 0 Å². The molecule has 1 N–H and O–H groups in total. The van der Waals surface area contributed by atoms with E-state index in [4.69, 9.17) is 4.74 Å². The van der Waals surface area contributed by atoms with Crippen molar-refractivity contribution in [2.75, 3.05) is 11.9 Å². The molecule has 126 valence electrons. The van der Waals surface area contributed by atoms with Crippen LogP contribution in [0.15, 0.2) is 29.1 Å². The van der Waals surface area contributed by atoms with Gasteiger partial charge in [0.1, 0.15) is 11.4 Å². The average Bonchev–Trinajstić information content (AvgIpc) is 3.00. The number of anilines is 2. The van der Waals surface area contributed by atoms with Crippen molar-refractivity contribution in [1.29, 1.82) is 0 Å². The topological polar surface area (TPSA) is 60.3 Å². The van der Waals surface area contributed by atoms with Crippen LogP contribution in [-0.2, 0) is 17.7 Å². The van der Waals surface area contributed by atoms with E-state index in [0.29, 0.717) is 24.2 Å². The minimum absolute atomic E-state index is 0.205. The van der Waals surface area contributed by atoms with Crippen LogP contribution >= 0.6 is 22.6 Å². The minimum Gasteiger partial charge on any atom is -0.462 e. The normalized spacial score (nSPS) is 12.8. The highest BCUT2D eigenvalue weighted by molar-refractivity contribution is 14.1. The maximum absolute atomic E-state index is 14.1. The third-order valence-corrected chi connectivity index (χ3v) is 4.56. The van der Waals surface area contributed by atoms with Crippen LogP contribution in [0.2, 0.25) is 0 Å². The summed E-state index contributed by atoms with van der Waals surface area (Å²) < 4.78 is 21.6. The van der Waals surface area contributed by atoms with Gasteiger partial charge in [-0.3, -0.25) is 4.79 Å². The van der Waals surface area contributed by atoms with Gasteiger partial charge >= 0.3 is 5.97 Å². The molecular weight excluding hydrogens is 426 g/mol. The van der Waals surface area contributed by atoms with E-state index >= 15 is 0 Å². The molecule has 1 aliphatic heterocycles. The van der Waals surface area contributed by atoms with Crippen LogP contribution in [0.3, 0.4) is 0 Å². The van der Waals surface area contributed by atoms with Gasteiger partial charge < -0.3 is 14.6 Å². The Labute approximate surface area is 152 Å². The molecule has 1 aromatic carbocycles. The molecule has 7 heteroatoms. The van der Waals surface area contributed by atoms with Crippen LogP contribution in [0.5, 0.6) is 0 Å². The van der Waals surface area contributed by atoms with Crippen molar-refractivity contribution >= 4 is 39.9 Å². The number of halogens is 2. The summed E-state index contributed by atoms with van der Waals surface area (Å²) in [6.07, 6.45) is 1.41. The molecule has 0 saturated heterocycles. The zero-order valence-corrected chi connectivity index (χ0v) is 15.2. The first-order valence-electron chi connectivity index (χ1n) is 7.67. The Morgan fingerprint density at radius 3 is 2.88 bits per heavy atom. The zero-order valence-electron chi connectivity index (χ0n) is 13.1. The number of pyridine rings is 1. The molecule has 0 aliphatic carbocycles. The Balaban J connectivity index is 2.11. The summed E-state index contributed by atoms with van der Waals surface area (Å²) >= 11 is 2.02. The Bertz CT molecular complexity index is 864. The molecule has 0 bridgehead atoms. The quantitative estimate of drug-likeness (QED) is 0.582. The first kappa shape index (κ1) is 16.9. The fraction of sp³-hybridized carbons (Fsp3) is 0.294. The highest BCUT2D eigenvalue weighted by Gasteiger charge is 2.25. The predicted molar refractivity (Wildman–Crippen MR) is 97.4 cm³/mol. The molecule has 5 nitrogen and oxygen atoms in total. The van der Waals surface area contributed by atoms with Crippen LogP contribution in [-0.4, -0.2) is 17.1 Å². The molecule has 0 unspecified atom stereocenters. The number of nitrogens with zero attached hydrogens (tertiary/aromatic N) is 1. The monoisotopic (exact) mass is 442 g/mol. The maximum Gasteiger partial charge on any atom is 0.342 e. The summed E-state index contributed by atoms with van der Waals surface area (Å²) in [5.74, 6) is -0.950. The van der Waals surface area contributed by atoms with Crippen LogP contribution < -0.4 is 10.9 Å². The van der Waals surface area contributed by atoms with E-state index in [-0.39, 0.29) is 23.5 Å². The van der Waals surface area contributed by atoms with E-state index in [0.717, 1.165) is 9.99 Å². The van der Waals surface area contributed by atoms with Gasteiger partial charge in [-0.1, -0.05) is 0 Å². The molecule has 24 heavy (non-hydrogen) atoms. The van der Waals surface area contributed by atoms with Crippen LogP contribution in [0.1, 0.15) is 29.4 Å². The van der Waals surface area contributed by atoms with Gasteiger partial charge in [-0.15, -0.1) is 0 Å². The van der Waals surface area contributed by atoms with Crippen molar-refractivity contribution in [2.45, 2.75) is 26.3 Å². The zero-order chi connectivity index (χ0) is 17.3. The molecule has 0 spiro atoms. The van der Waals surface area contributed by atoms with E-state index in [9.17, 15) is 14.0 Å². The fourth-order valence-electron chi connectivity index (χ4n) is 2.87. The summed E-state index contributed by atoms with van der Waals surface area (Å²) in [5.41, 5.74) is 1.25. The number of hydrogen-bond acceptors (Lipinski definition) is 4. The van der Waals surface area contributed by atoms with Gasteiger partial charge in [-0.25, -0.2) is 9.18 Å². The molecule has 3 rings (SSSR count). The molecule has 0 radical (unpaired) electrons. The van der Waals surface area contributed by atoms with Crippen molar-refractivity contribution in [1.82, 2.24) is 4.57 Å². The van der Waals surface area contributed by atoms with Gasteiger partial charge in [0, 0.05) is 21.9 Å². The number of ether oxygens (including phenoxy) is 1. The van der Waals surface area contributed by atoms with Gasteiger partial charge in [0.2, 0.25) is 0 Å². The van der Waals surface area contributed by atoms with Crippen molar-refractivity contribution in [2.24, 2.45) is 0 Å². The predicted octanol–water partition coefficient (Wildman–Crippen LogP) is 3.46. The van der Waals surface area contributed by atoms with E-state index in [1.807, 2.05) is 22.6 Å². The SMILES string of the molecule is CCOC(=O)c1c(Nc2ccc(I)cc2F)cc(=O)n2c1CCC2. The number of carbonyl (C=O) groups is 1. The number of benzene rings is 1. The van der Waals surface area contributed by atoms with Crippen LogP contribution in [0.4, 0.5) is 15.8 Å². The van der Waals surface area contributed by atoms with Gasteiger partial charge in [0.05, 0.1) is 18.0 Å². The van der Waals surface area contributed by atoms with Gasteiger partial charge in [0.25, 0.3) is 5.56 Å². The summed E-state index contributed by atoms with van der Waals surface area (Å²) in [5, 5.41) is 2.89. The Hall–Kier alpha value is -1.90. The molecule has 0 amide bonds. The highest BCUT2D eigenvalue weighted by Crippen LogP contribution is 2.28. The lowest BCUT2D eigenvalue weighted by Crippen LogP contribution is -2.24. The molecule has 0 atom stereocenters. The van der Waals surface area contributed by atoms with Crippen LogP contribution in [0, 0.1) is 9.39 Å². The lowest BCUT2D eigenvalue weighted by Gasteiger charge is -2.16. The first-order chi connectivity index (χ1) is 11.5. The molecular formula is C17H16FIN2O3. The standard InChI is InChI=1S/C17H16FIN2O3/c1-2-24-17(23)16-13(9-15(22)21-7-3-4-14(16)21)20-12-6-5-10(19)8-11(12)18/h5-6,8-9,20H,2-4,7H2,1H3. The number of nitrogens with one attached hydrogen (secondary N) is 1. The molecule has 0 saturated carbocycles. The fourth-order valence-corrected chi connectivity index (χ4v) is 3.33. The molecule has 1 aliphatic rings. The summed E-state index contributed by atoms with van der Waals surface area (Å²) in [4.78, 5) is 24.7. The van der Waals surface area contributed by atoms with E-state index in [1.54, 1.807) is 23.6 Å². The van der Waals surface area contributed by atoms with Gasteiger partial charge in [-0.05, 0) is 60.6 Å². The highest BCUT2D eigenvalue weighted by atomic mass is 127. The number of rotatable bonds is 4. The van der Waals surface area contributed by atoms with E-state index < -0.39 is 11.8 Å². The lowest BCUT2D eigenvalue weighted by atomic mass is 10.1. The smallest absolute Gasteiger partial charge is 0.342 e. The van der Waals surface area contributed by atoms with Crippen molar-refractivity contribution in [3.05, 3.63) is 55.3 Å². The first-order valence-corrected chi connectivity index (χ1v) is 8.75. The second kappa shape index (κ2) is 6.92. The van der Waals surface area contributed by atoms with Gasteiger partial charge in [0.15, 0.2) is 0 Å². The number of carbonyl (C=O) groups excluding carboxylic acids is 1. The Morgan fingerprint density at radius 2 is 2.17 bits per heavy atom. The third-order valence-electron chi connectivity index (χ3n) is 3.89. The number of esters is 1. The van der Waals surface area contributed by atoms with E-state index in [1.165, 1.54) is 12.1 Å². The van der Waals surface area contributed by atoms with Crippen molar-refractivity contribution in [3.63, 3.8) is 0 Å². The van der Waals surface area contributed by atoms with Gasteiger partial charge in [-0.2, -0.15) is 0 Å². The molecule has 1 aromatic heterocycles. The minimum atomic E-state index is -0.503. The largest absolute Gasteiger partial charge is 0.462 e. The number of fused-ring (bicyclic) bond motifs is 1. The number of hydrogen-bond donors (Lipinski definition) is 1. The number of aromatic nitrogens is 1. The lowest BCUT2D eigenvalue weighted by molar-refractivity contribution is 0.0525. The molecule has 2 aromatic rings. The molecule has 0 fully saturated rings. The summed E-state index contributed by atoms with van der Waals surface area (Å²) in [6, 6.07) is 6.04. The Morgan fingerprint density at radius 1 is 1.38 bits per heavy atom. The maximum atomic E-state index is 14.1. The molecule has 2 heterocycles. The van der Waals surface area contributed by atoms with E-state index in [2.05, 4.69) is 5.32 Å². The second-order valence-electron chi connectivity index (χ2n) is 5.44. The summed E-state index contributed by atoms with van der Waals surface area (Å²) in [7, 11) is 0. The average molecular weight is 442 g/mol. The van der Waals surface area contributed by atoms with Crippen molar-refractivity contribution < 1.29 is 13.9 Å². The third kappa shape index (κ3) is 3.17. The summed E-state index contributed by atoms with van der Waals surface area (Å²) in [6.45, 7) is 2.53. The second-order valence-corrected chi connectivity index (χ2v) is 6.69. The Kier molecular flexibility index (Phi) is 4.88.